The molecule has 0 N–H and O–H groups in total. The Kier molecular flexibility index (Phi) is 8.86. The van der Waals surface area contributed by atoms with Crippen molar-refractivity contribution in [3.63, 3.8) is 0 Å². The molecule has 0 saturated carbocycles. The van der Waals surface area contributed by atoms with Gasteiger partial charge in [0, 0.05) is 37.3 Å². The largest absolute Gasteiger partial charge is 0.310 e. The zero-order valence-corrected chi connectivity index (χ0v) is 33.2. The van der Waals surface area contributed by atoms with Crippen molar-refractivity contribution in [2.24, 2.45) is 17.8 Å². The number of thiophene rings is 1. The van der Waals surface area contributed by atoms with E-state index in [4.69, 9.17) is 0 Å². The zero-order chi connectivity index (χ0) is 38.4. The standard InChI is InChI=1S/C56H43NS/c1-2-11-38(12-3-1)45-27-33-55-52(36-45)53-37-46(28-34-56(53)58-55)44-18-8-17-43(35-44)39-23-29-47(30-24-39)57(54-22-10-16-41-14-5-7-20-51(41)54)48-31-25-42(26-32-48)50-21-9-15-40-13-4-6-19-49(40)50/h1-17,19-23,25-27,29-37,39,44,46H,18,24,28H2. The maximum atomic E-state index is 2.60. The van der Waals surface area contributed by atoms with E-state index in [2.05, 4.69) is 211 Å². The fourth-order valence-corrected chi connectivity index (χ4v) is 10.6. The summed E-state index contributed by atoms with van der Waals surface area (Å²) in [7, 11) is 0. The van der Waals surface area contributed by atoms with E-state index in [0.29, 0.717) is 17.8 Å². The third kappa shape index (κ3) is 6.35. The Morgan fingerprint density at radius 3 is 2.07 bits per heavy atom. The van der Waals surface area contributed by atoms with Gasteiger partial charge in [0.25, 0.3) is 0 Å². The summed E-state index contributed by atoms with van der Waals surface area (Å²) < 4.78 is 2.81. The number of anilines is 2. The number of rotatable bonds is 7. The van der Waals surface area contributed by atoms with Gasteiger partial charge in [0.15, 0.2) is 0 Å². The lowest BCUT2D eigenvalue weighted by Crippen LogP contribution is -2.27. The molecule has 0 radical (unpaired) electrons. The highest BCUT2D eigenvalue weighted by molar-refractivity contribution is 7.17. The van der Waals surface area contributed by atoms with Gasteiger partial charge >= 0.3 is 0 Å². The Bertz CT molecular complexity index is 3090. The molecule has 0 spiro atoms. The molecule has 0 fully saturated rings. The van der Waals surface area contributed by atoms with Gasteiger partial charge in [0.1, 0.15) is 0 Å². The molecule has 278 valence electrons. The van der Waals surface area contributed by atoms with Crippen LogP contribution >= 0.6 is 11.3 Å². The average molecular weight is 762 g/mol. The maximum Gasteiger partial charge on any atom is 0.0539 e. The van der Waals surface area contributed by atoms with Crippen LogP contribution < -0.4 is 14.7 Å². The van der Waals surface area contributed by atoms with Crippen molar-refractivity contribution in [3.8, 4) is 22.3 Å². The number of nitrogens with zero attached hydrogens (tertiary/aromatic N) is 1. The fraction of sp³-hybridized carbons (Fsp3) is 0.107. The molecule has 8 aromatic rings. The molecule has 3 aliphatic carbocycles. The summed E-state index contributed by atoms with van der Waals surface area (Å²) in [6, 6.07) is 57.6. The van der Waals surface area contributed by atoms with Gasteiger partial charge in [0.05, 0.1) is 5.69 Å². The highest BCUT2D eigenvalue weighted by atomic mass is 32.1. The van der Waals surface area contributed by atoms with Crippen LogP contribution in [0.1, 0.15) is 19.3 Å². The molecule has 0 amide bonds. The Hall–Kier alpha value is -6.48. The monoisotopic (exact) mass is 761 g/mol. The van der Waals surface area contributed by atoms with Crippen molar-refractivity contribution >= 4 is 66.5 Å². The van der Waals surface area contributed by atoms with E-state index in [9.17, 15) is 0 Å². The molecule has 7 aromatic carbocycles. The van der Waals surface area contributed by atoms with Crippen molar-refractivity contribution in [3.05, 3.63) is 215 Å². The number of hydrogen-bond acceptors (Lipinski definition) is 2. The second-order valence-electron chi connectivity index (χ2n) is 15.9. The van der Waals surface area contributed by atoms with Crippen LogP contribution in [0.15, 0.2) is 205 Å². The molecule has 3 aliphatic rings. The van der Waals surface area contributed by atoms with Crippen LogP contribution in [-0.4, -0.2) is 0 Å². The average Bonchev–Trinajstić information content (AvgIpc) is 3.67. The van der Waals surface area contributed by atoms with Gasteiger partial charge in [-0.15, -0.1) is 11.3 Å². The van der Waals surface area contributed by atoms with Gasteiger partial charge in [-0.2, -0.15) is 0 Å². The molecule has 1 heterocycles. The van der Waals surface area contributed by atoms with Crippen molar-refractivity contribution in [1.82, 2.24) is 0 Å². The summed E-state index contributed by atoms with van der Waals surface area (Å²) in [5.74, 6) is 1.33. The van der Waals surface area contributed by atoms with E-state index in [1.807, 2.05) is 11.3 Å². The second kappa shape index (κ2) is 14.8. The third-order valence-electron chi connectivity index (χ3n) is 12.5. The molecule has 11 rings (SSSR count). The van der Waals surface area contributed by atoms with E-state index < -0.39 is 0 Å². The SMILES string of the molecule is C1=CC(C2C=CC(N(c3ccc(-c4cccc5ccccc45)cc3)c3cccc4ccccc34)=CC2)=CC(C2C=c3c(sc4ccc(-c5ccccc5)cc34)=CC2)C1. The lowest BCUT2D eigenvalue weighted by molar-refractivity contribution is 0.502. The van der Waals surface area contributed by atoms with Gasteiger partial charge < -0.3 is 4.90 Å². The second-order valence-corrected chi connectivity index (χ2v) is 17.0. The predicted molar refractivity (Wildman–Crippen MR) is 250 cm³/mol. The molecule has 1 nitrogen and oxygen atoms in total. The topological polar surface area (TPSA) is 3.24 Å². The van der Waals surface area contributed by atoms with E-state index in [0.717, 1.165) is 24.9 Å². The number of hydrogen-bond donors (Lipinski definition) is 0. The third-order valence-corrected chi connectivity index (χ3v) is 13.7. The van der Waals surface area contributed by atoms with Gasteiger partial charge in [-0.25, -0.2) is 0 Å². The molecule has 0 bridgehead atoms. The summed E-state index contributed by atoms with van der Waals surface area (Å²) in [5, 5.41) is 7.87. The highest BCUT2D eigenvalue weighted by Crippen LogP contribution is 2.41. The lowest BCUT2D eigenvalue weighted by Gasteiger charge is -2.31. The Morgan fingerprint density at radius 2 is 1.24 bits per heavy atom. The van der Waals surface area contributed by atoms with Crippen LogP contribution in [0.3, 0.4) is 0 Å². The van der Waals surface area contributed by atoms with E-state index in [1.165, 1.54) is 80.6 Å². The highest BCUT2D eigenvalue weighted by Gasteiger charge is 2.25. The Labute approximate surface area is 344 Å². The van der Waals surface area contributed by atoms with Crippen LogP contribution in [0, 0.1) is 17.8 Å². The molecule has 58 heavy (non-hydrogen) atoms. The molecular formula is C56H43NS. The summed E-state index contributed by atoms with van der Waals surface area (Å²) in [4.78, 5) is 2.45. The van der Waals surface area contributed by atoms with Gasteiger partial charge in [0.2, 0.25) is 0 Å². The van der Waals surface area contributed by atoms with Crippen LogP contribution in [0.5, 0.6) is 0 Å². The summed E-state index contributed by atoms with van der Waals surface area (Å²) >= 11 is 1.94. The number of fused-ring (bicyclic) bond motifs is 5. The molecule has 3 unspecified atom stereocenters. The smallest absolute Gasteiger partial charge is 0.0539 e. The predicted octanol–water partition coefficient (Wildman–Crippen LogP) is 13.9. The Morgan fingerprint density at radius 1 is 0.517 bits per heavy atom. The zero-order valence-electron chi connectivity index (χ0n) is 32.3. The first-order valence-electron chi connectivity index (χ1n) is 20.7. The molecule has 3 atom stereocenters. The first-order valence-corrected chi connectivity index (χ1v) is 21.5. The first kappa shape index (κ1) is 34.7. The van der Waals surface area contributed by atoms with Gasteiger partial charge in [-0.3, -0.25) is 0 Å². The molecule has 0 saturated heterocycles. The quantitative estimate of drug-likeness (QED) is 0.156. The van der Waals surface area contributed by atoms with Crippen LogP contribution in [0.25, 0.3) is 66.0 Å². The number of allylic oxidation sites excluding steroid dienone is 7. The number of benzene rings is 7. The molecular weight excluding hydrogens is 719 g/mol. The molecule has 2 heteroatoms. The van der Waals surface area contributed by atoms with Crippen LogP contribution in [0.4, 0.5) is 11.4 Å². The minimum absolute atomic E-state index is 0.351. The normalized spacial score (nSPS) is 18.7. The molecule has 0 aliphatic heterocycles. The minimum atomic E-state index is 0.351. The minimum Gasteiger partial charge on any atom is -0.310 e. The van der Waals surface area contributed by atoms with Crippen molar-refractivity contribution in [2.75, 3.05) is 4.90 Å². The van der Waals surface area contributed by atoms with Gasteiger partial charge in [-0.1, -0.05) is 170 Å². The van der Waals surface area contributed by atoms with Crippen molar-refractivity contribution in [1.29, 1.82) is 0 Å². The summed E-state index contributed by atoms with van der Waals surface area (Å²) in [6.45, 7) is 0. The van der Waals surface area contributed by atoms with E-state index in [-0.39, 0.29) is 0 Å². The van der Waals surface area contributed by atoms with E-state index in [1.54, 1.807) is 0 Å². The summed E-state index contributed by atoms with van der Waals surface area (Å²) in [6.07, 6.45) is 22.9. The van der Waals surface area contributed by atoms with Gasteiger partial charge in [-0.05, 0) is 117 Å². The first-order chi connectivity index (χ1) is 28.7. The van der Waals surface area contributed by atoms with Crippen LogP contribution in [0.2, 0.25) is 0 Å². The summed E-state index contributed by atoms with van der Waals surface area (Å²) in [5.41, 5.74) is 10.1. The maximum absolute atomic E-state index is 2.60. The van der Waals surface area contributed by atoms with Crippen LogP contribution in [-0.2, 0) is 0 Å². The lowest BCUT2D eigenvalue weighted by atomic mass is 9.78. The Balaban J connectivity index is 0.893. The van der Waals surface area contributed by atoms with Crippen molar-refractivity contribution < 1.29 is 0 Å². The van der Waals surface area contributed by atoms with E-state index >= 15 is 0 Å². The van der Waals surface area contributed by atoms with Crippen molar-refractivity contribution in [2.45, 2.75) is 19.3 Å². The fourth-order valence-electron chi connectivity index (χ4n) is 9.49. The molecule has 1 aromatic heterocycles.